The minimum absolute atomic E-state index is 0.613. The molecule has 88 valence electrons. The van der Waals surface area contributed by atoms with Crippen LogP contribution < -0.4 is 11.5 Å². The molecule has 5 nitrogen and oxygen atoms in total. The predicted molar refractivity (Wildman–Crippen MR) is 62.0 cm³/mol. The average molecular weight is 222 g/mol. The summed E-state index contributed by atoms with van der Waals surface area (Å²) in [5, 5.41) is 0. The summed E-state index contributed by atoms with van der Waals surface area (Å²) in [6, 6.07) is 0. The van der Waals surface area contributed by atoms with Crippen LogP contribution in [-0.4, -0.2) is 29.7 Å². The Morgan fingerprint density at radius 1 is 1.19 bits per heavy atom. The van der Waals surface area contributed by atoms with Crippen LogP contribution in [0.4, 0.5) is 5.82 Å². The Morgan fingerprint density at radius 2 is 2.00 bits per heavy atom. The van der Waals surface area contributed by atoms with E-state index < -0.39 is 0 Å². The molecule has 0 spiro atoms. The first-order chi connectivity index (χ1) is 7.81. The lowest BCUT2D eigenvalue weighted by Crippen LogP contribution is -2.11. The molecule has 0 aliphatic carbocycles. The second kappa shape index (κ2) is 5.23. The number of ether oxygens (including phenoxy) is 1. The van der Waals surface area contributed by atoms with Crippen molar-refractivity contribution in [2.45, 2.75) is 25.7 Å². The number of fused-ring (bicyclic) bond motifs is 1. The van der Waals surface area contributed by atoms with Crippen molar-refractivity contribution in [1.82, 2.24) is 9.97 Å². The standard InChI is InChI=1S/C11H18N4O/c12-5-1-2-10-14-9-4-7-16-6-3-8(9)11(13)15-10/h1-7,12H2,(H2,13,14,15). The smallest absolute Gasteiger partial charge is 0.131 e. The number of hydrogen-bond donors (Lipinski definition) is 2. The number of rotatable bonds is 3. The van der Waals surface area contributed by atoms with Crippen molar-refractivity contribution < 1.29 is 4.74 Å². The molecule has 0 saturated carbocycles. The van der Waals surface area contributed by atoms with Crippen molar-refractivity contribution in [3.05, 3.63) is 17.1 Å². The van der Waals surface area contributed by atoms with E-state index in [2.05, 4.69) is 9.97 Å². The highest BCUT2D eigenvalue weighted by atomic mass is 16.5. The molecule has 4 N–H and O–H groups in total. The summed E-state index contributed by atoms with van der Waals surface area (Å²) in [5.74, 6) is 1.42. The second-order valence-electron chi connectivity index (χ2n) is 3.95. The van der Waals surface area contributed by atoms with Crippen molar-refractivity contribution >= 4 is 5.82 Å². The van der Waals surface area contributed by atoms with Gasteiger partial charge >= 0.3 is 0 Å². The van der Waals surface area contributed by atoms with Gasteiger partial charge in [-0.3, -0.25) is 0 Å². The van der Waals surface area contributed by atoms with Gasteiger partial charge in [-0.15, -0.1) is 0 Å². The average Bonchev–Trinajstić information content (AvgIpc) is 2.51. The molecular weight excluding hydrogens is 204 g/mol. The summed E-state index contributed by atoms with van der Waals surface area (Å²) in [4.78, 5) is 8.87. The molecule has 1 aliphatic heterocycles. The third kappa shape index (κ3) is 2.48. The van der Waals surface area contributed by atoms with Gasteiger partial charge in [0, 0.05) is 24.8 Å². The molecule has 0 aromatic carbocycles. The molecule has 0 fully saturated rings. The molecule has 2 heterocycles. The monoisotopic (exact) mass is 222 g/mol. The lowest BCUT2D eigenvalue weighted by Gasteiger charge is -2.09. The predicted octanol–water partition coefficient (Wildman–Crippen LogP) is 0.0653. The topological polar surface area (TPSA) is 87.0 Å². The van der Waals surface area contributed by atoms with E-state index in [1.165, 1.54) is 0 Å². The lowest BCUT2D eigenvalue weighted by atomic mass is 10.1. The van der Waals surface area contributed by atoms with Crippen LogP contribution in [0.5, 0.6) is 0 Å². The van der Waals surface area contributed by atoms with E-state index in [0.29, 0.717) is 19.0 Å². The van der Waals surface area contributed by atoms with Gasteiger partial charge in [0.15, 0.2) is 0 Å². The third-order valence-electron chi connectivity index (χ3n) is 2.76. The Hall–Kier alpha value is -1.20. The summed E-state index contributed by atoms with van der Waals surface area (Å²) in [5.41, 5.74) is 13.5. The van der Waals surface area contributed by atoms with E-state index in [0.717, 1.165) is 49.4 Å². The van der Waals surface area contributed by atoms with Gasteiger partial charge in [0.25, 0.3) is 0 Å². The maximum absolute atomic E-state index is 5.95. The number of hydrogen-bond acceptors (Lipinski definition) is 5. The van der Waals surface area contributed by atoms with Crippen LogP contribution >= 0.6 is 0 Å². The maximum atomic E-state index is 5.95. The highest BCUT2D eigenvalue weighted by Crippen LogP contribution is 2.18. The summed E-state index contributed by atoms with van der Waals surface area (Å²) in [6.07, 6.45) is 3.35. The molecular formula is C11H18N4O. The SMILES string of the molecule is NCCCc1nc(N)c2c(n1)CCOCC2. The zero-order valence-electron chi connectivity index (χ0n) is 9.41. The van der Waals surface area contributed by atoms with E-state index in [1.54, 1.807) is 0 Å². The van der Waals surface area contributed by atoms with Crippen LogP contribution in [0.2, 0.25) is 0 Å². The fraction of sp³-hybridized carbons (Fsp3) is 0.636. The number of nitrogens with two attached hydrogens (primary N) is 2. The molecule has 16 heavy (non-hydrogen) atoms. The van der Waals surface area contributed by atoms with Gasteiger partial charge in [0.1, 0.15) is 11.6 Å². The van der Waals surface area contributed by atoms with Crippen molar-refractivity contribution in [2.75, 3.05) is 25.5 Å². The Kier molecular flexibility index (Phi) is 3.69. The highest BCUT2D eigenvalue weighted by Gasteiger charge is 2.14. The molecule has 0 atom stereocenters. The van der Waals surface area contributed by atoms with E-state index in [4.69, 9.17) is 16.2 Å². The molecule has 0 amide bonds. The number of aromatic nitrogens is 2. The summed E-state index contributed by atoms with van der Waals surface area (Å²) < 4.78 is 5.41. The van der Waals surface area contributed by atoms with Gasteiger partial charge in [-0.05, 0) is 13.0 Å². The van der Waals surface area contributed by atoms with E-state index in [9.17, 15) is 0 Å². The van der Waals surface area contributed by atoms with Crippen molar-refractivity contribution in [3.8, 4) is 0 Å². The van der Waals surface area contributed by atoms with Gasteiger partial charge in [-0.1, -0.05) is 0 Å². The fourth-order valence-corrected chi connectivity index (χ4v) is 1.90. The number of nitrogen functional groups attached to an aromatic ring is 1. The molecule has 0 radical (unpaired) electrons. The quantitative estimate of drug-likeness (QED) is 0.755. The van der Waals surface area contributed by atoms with Crippen molar-refractivity contribution in [1.29, 1.82) is 0 Å². The maximum Gasteiger partial charge on any atom is 0.131 e. The Labute approximate surface area is 95.2 Å². The van der Waals surface area contributed by atoms with Crippen LogP contribution in [0.25, 0.3) is 0 Å². The molecule has 0 bridgehead atoms. The van der Waals surface area contributed by atoms with Gasteiger partial charge in [-0.25, -0.2) is 9.97 Å². The molecule has 0 saturated heterocycles. The second-order valence-corrected chi connectivity index (χ2v) is 3.95. The largest absolute Gasteiger partial charge is 0.383 e. The minimum atomic E-state index is 0.613. The number of anilines is 1. The van der Waals surface area contributed by atoms with Crippen molar-refractivity contribution in [3.63, 3.8) is 0 Å². The Morgan fingerprint density at radius 3 is 2.81 bits per heavy atom. The van der Waals surface area contributed by atoms with Crippen molar-refractivity contribution in [2.24, 2.45) is 5.73 Å². The summed E-state index contributed by atoms with van der Waals surface area (Å²) in [6.45, 7) is 2.09. The zero-order valence-corrected chi connectivity index (χ0v) is 9.41. The van der Waals surface area contributed by atoms with Crippen LogP contribution in [0, 0.1) is 0 Å². The molecule has 1 aromatic rings. The fourth-order valence-electron chi connectivity index (χ4n) is 1.90. The molecule has 5 heteroatoms. The Balaban J connectivity index is 2.24. The third-order valence-corrected chi connectivity index (χ3v) is 2.76. The van der Waals surface area contributed by atoms with Crippen LogP contribution in [0.15, 0.2) is 0 Å². The van der Waals surface area contributed by atoms with Crippen LogP contribution in [-0.2, 0) is 24.0 Å². The Bertz CT molecular complexity index is 367. The molecule has 1 aromatic heterocycles. The first-order valence-electron chi connectivity index (χ1n) is 5.73. The molecule has 0 unspecified atom stereocenters. The van der Waals surface area contributed by atoms with Gasteiger partial charge in [0.2, 0.25) is 0 Å². The minimum Gasteiger partial charge on any atom is -0.383 e. The summed E-state index contributed by atoms with van der Waals surface area (Å²) in [7, 11) is 0. The molecule has 2 rings (SSSR count). The van der Waals surface area contributed by atoms with E-state index in [1.807, 2.05) is 0 Å². The zero-order chi connectivity index (χ0) is 11.4. The van der Waals surface area contributed by atoms with E-state index >= 15 is 0 Å². The first-order valence-corrected chi connectivity index (χ1v) is 5.73. The highest BCUT2D eigenvalue weighted by molar-refractivity contribution is 5.43. The number of nitrogens with zero attached hydrogens (tertiary/aromatic N) is 2. The lowest BCUT2D eigenvalue weighted by molar-refractivity contribution is 0.146. The molecule has 1 aliphatic rings. The van der Waals surface area contributed by atoms with Gasteiger partial charge < -0.3 is 16.2 Å². The first kappa shape index (κ1) is 11.3. The number of aryl methyl sites for hydroxylation is 1. The van der Waals surface area contributed by atoms with E-state index in [-0.39, 0.29) is 0 Å². The van der Waals surface area contributed by atoms with Crippen LogP contribution in [0.3, 0.4) is 0 Å². The van der Waals surface area contributed by atoms with Gasteiger partial charge in [0.05, 0.1) is 18.9 Å². The normalized spacial score (nSPS) is 15.6. The van der Waals surface area contributed by atoms with Gasteiger partial charge in [-0.2, -0.15) is 0 Å². The van der Waals surface area contributed by atoms with Crippen LogP contribution in [0.1, 0.15) is 23.5 Å². The summed E-state index contributed by atoms with van der Waals surface area (Å²) >= 11 is 0.